The van der Waals surface area contributed by atoms with Gasteiger partial charge in [-0.3, -0.25) is 4.98 Å². The van der Waals surface area contributed by atoms with Gasteiger partial charge in [0.25, 0.3) is 0 Å². The molecular weight excluding hydrogens is 336 g/mol. The molecule has 23 heavy (non-hydrogen) atoms. The molecule has 0 unspecified atom stereocenters. The van der Waals surface area contributed by atoms with Crippen LogP contribution in [0.5, 0.6) is 5.75 Å². The SMILES string of the molecule is O=S(=O)(NCc1ccccc1)c1cc(Cl)c2cccnc2c1O. The number of aromatic nitrogens is 1. The molecule has 3 aromatic rings. The number of hydrogen-bond acceptors (Lipinski definition) is 4. The summed E-state index contributed by atoms with van der Waals surface area (Å²) in [4.78, 5) is 3.72. The average molecular weight is 349 g/mol. The third-order valence-corrected chi connectivity index (χ3v) is 5.11. The molecule has 0 fully saturated rings. The van der Waals surface area contributed by atoms with E-state index in [1.54, 1.807) is 24.3 Å². The third kappa shape index (κ3) is 3.14. The summed E-state index contributed by atoms with van der Waals surface area (Å²) in [5.41, 5.74) is 0.959. The second-order valence-electron chi connectivity index (χ2n) is 4.91. The second-order valence-corrected chi connectivity index (χ2v) is 7.06. The monoisotopic (exact) mass is 348 g/mol. The Morgan fingerprint density at radius 3 is 2.61 bits per heavy atom. The van der Waals surface area contributed by atoms with E-state index in [2.05, 4.69) is 9.71 Å². The number of phenolic OH excluding ortho intramolecular Hbond substituents is 1. The van der Waals surface area contributed by atoms with Crippen LogP contribution in [0.15, 0.2) is 59.6 Å². The van der Waals surface area contributed by atoms with Gasteiger partial charge in [-0.05, 0) is 23.8 Å². The molecule has 3 rings (SSSR count). The lowest BCUT2D eigenvalue weighted by Gasteiger charge is -2.11. The number of hydrogen-bond donors (Lipinski definition) is 2. The van der Waals surface area contributed by atoms with Crippen LogP contribution in [0.25, 0.3) is 10.9 Å². The highest BCUT2D eigenvalue weighted by atomic mass is 35.5. The van der Waals surface area contributed by atoms with E-state index in [4.69, 9.17) is 11.6 Å². The zero-order valence-electron chi connectivity index (χ0n) is 11.9. The van der Waals surface area contributed by atoms with Gasteiger partial charge in [-0.15, -0.1) is 0 Å². The maximum Gasteiger partial charge on any atom is 0.244 e. The molecule has 5 nitrogen and oxygen atoms in total. The van der Waals surface area contributed by atoms with Gasteiger partial charge in [-0.25, -0.2) is 13.1 Å². The predicted molar refractivity (Wildman–Crippen MR) is 88.9 cm³/mol. The zero-order chi connectivity index (χ0) is 16.4. The van der Waals surface area contributed by atoms with Gasteiger partial charge in [0.2, 0.25) is 10.0 Å². The molecule has 0 saturated heterocycles. The summed E-state index contributed by atoms with van der Waals surface area (Å²) in [7, 11) is -3.93. The van der Waals surface area contributed by atoms with Crippen LogP contribution >= 0.6 is 11.6 Å². The molecule has 2 aromatic carbocycles. The number of halogens is 1. The molecule has 1 heterocycles. The minimum atomic E-state index is -3.93. The van der Waals surface area contributed by atoms with Crippen molar-refractivity contribution in [1.29, 1.82) is 0 Å². The first kappa shape index (κ1) is 15.7. The number of fused-ring (bicyclic) bond motifs is 1. The number of nitrogens with zero attached hydrogens (tertiary/aromatic N) is 1. The maximum absolute atomic E-state index is 12.5. The van der Waals surface area contributed by atoms with E-state index in [9.17, 15) is 13.5 Å². The Morgan fingerprint density at radius 2 is 1.87 bits per heavy atom. The van der Waals surface area contributed by atoms with Crippen LogP contribution in [0.3, 0.4) is 0 Å². The van der Waals surface area contributed by atoms with Crippen molar-refractivity contribution in [2.45, 2.75) is 11.4 Å². The van der Waals surface area contributed by atoms with Crippen molar-refractivity contribution in [1.82, 2.24) is 9.71 Å². The Balaban J connectivity index is 2.00. The Labute approximate surface area is 138 Å². The van der Waals surface area contributed by atoms with Crippen molar-refractivity contribution >= 4 is 32.5 Å². The van der Waals surface area contributed by atoms with Gasteiger partial charge in [0.1, 0.15) is 10.4 Å². The van der Waals surface area contributed by atoms with Crippen molar-refractivity contribution in [2.75, 3.05) is 0 Å². The largest absolute Gasteiger partial charge is 0.504 e. The Bertz CT molecular complexity index is 960. The molecule has 2 N–H and O–H groups in total. The van der Waals surface area contributed by atoms with E-state index in [-0.39, 0.29) is 22.0 Å². The van der Waals surface area contributed by atoms with Gasteiger partial charge in [0.05, 0.1) is 5.02 Å². The van der Waals surface area contributed by atoms with Gasteiger partial charge in [-0.1, -0.05) is 41.9 Å². The highest BCUT2D eigenvalue weighted by Crippen LogP contribution is 2.35. The van der Waals surface area contributed by atoms with Crippen molar-refractivity contribution in [3.63, 3.8) is 0 Å². The van der Waals surface area contributed by atoms with Crippen molar-refractivity contribution < 1.29 is 13.5 Å². The average Bonchev–Trinajstić information content (AvgIpc) is 2.57. The number of nitrogens with one attached hydrogen (secondary N) is 1. The molecule has 0 atom stereocenters. The summed E-state index contributed by atoms with van der Waals surface area (Å²) in [6.07, 6.45) is 1.46. The van der Waals surface area contributed by atoms with E-state index >= 15 is 0 Å². The standard InChI is InChI=1S/C16H13ClN2O3S/c17-13-9-14(16(20)15-12(13)7-4-8-18-15)23(21,22)19-10-11-5-2-1-3-6-11/h1-9,19-20H,10H2. The first-order valence-electron chi connectivity index (χ1n) is 6.79. The molecule has 0 bridgehead atoms. The molecule has 118 valence electrons. The molecule has 0 spiro atoms. The number of rotatable bonds is 4. The van der Waals surface area contributed by atoms with E-state index < -0.39 is 15.8 Å². The minimum absolute atomic E-state index is 0.112. The number of pyridine rings is 1. The summed E-state index contributed by atoms with van der Waals surface area (Å²) >= 11 is 6.11. The lowest BCUT2D eigenvalue weighted by atomic mass is 10.2. The Hall–Kier alpha value is -2.15. The Kier molecular flexibility index (Phi) is 4.21. The molecule has 7 heteroatoms. The fourth-order valence-corrected chi connectivity index (χ4v) is 3.68. The van der Waals surface area contributed by atoms with Gasteiger partial charge >= 0.3 is 0 Å². The molecule has 0 aliphatic heterocycles. The van der Waals surface area contributed by atoms with Crippen LogP contribution in [0.1, 0.15) is 5.56 Å². The highest BCUT2D eigenvalue weighted by molar-refractivity contribution is 7.89. The molecule has 0 radical (unpaired) electrons. The van der Waals surface area contributed by atoms with Crippen LogP contribution in [0.2, 0.25) is 5.02 Å². The molecule has 0 saturated carbocycles. The van der Waals surface area contributed by atoms with Crippen molar-refractivity contribution in [2.24, 2.45) is 0 Å². The van der Waals surface area contributed by atoms with Crippen LogP contribution < -0.4 is 4.72 Å². The first-order chi connectivity index (χ1) is 11.0. The summed E-state index contributed by atoms with van der Waals surface area (Å²) in [5.74, 6) is -0.412. The van der Waals surface area contributed by atoms with Crippen LogP contribution in [-0.2, 0) is 16.6 Å². The number of phenols is 1. The normalized spacial score (nSPS) is 11.7. The van der Waals surface area contributed by atoms with E-state index in [0.29, 0.717) is 5.39 Å². The highest BCUT2D eigenvalue weighted by Gasteiger charge is 2.22. The number of benzene rings is 2. The van der Waals surface area contributed by atoms with E-state index in [1.807, 2.05) is 18.2 Å². The molecule has 1 aromatic heterocycles. The van der Waals surface area contributed by atoms with Crippen molar-refractivity contribution in [3.05, 3.63) is 65.3 Å². The maximum atomic E-state index is 12.5. The summed E-state index contributed by atoms with van der Waals surface area (Å²) in [6, 6.07) is 13.6. The first-order valence-corrected chi connectivity index (χ1v) is 8.65. The smallest absolute Gasteiger partial charge is 0.244 e. The fourth-order valence-electron chi connectivity index (χ4n) is 2.22. The van der Waals surface area contributed by atoms with Gasteiger partial charge in [0, 0.05) is 18.1 Å². The number of aromatic hydroxyl groups is 1. The lowest BCUT2D eigenvalue weighted by Crippen LogP contribution is -2.23. The van der Waals surface area contributed by atoms with Gasteiger partial charge < -0.3 is 5.11 Å². The topological polar surface area (TPSA) is 79.3 Å². The van der Waals surface area contributed by atoms with E-state index in [1.165, 1.54) is 12.3 Å². The van der Waals surface area contributed by atoms with E-state index in [0.717, 1.165) is 5.56 Å². The second kappa shape index (κ2) is 6.16. The van der Waals surface area contributed by atoms with Gasteiger partial charge in [-0.2, -0.15) is 0 Å². The number of sulfonamides is 1. The van der Waals surface area contributed by atoms with Gasteiger partial charge in [0.15, 0.2) is 5.75 Å². The van der Waals surface area contributed by atoms with Crippen LogP contribution in [0.4, 0.5) is 0 Å². The predicted octanol–water partition coefficient (Wildman–Crippen LogP) is 3.07. The summed E-state index contributed by atoms with van der Waals surface area (Å²) in [5, 5.41) is 11.0. The van der Waals surface area contributed by atoms with Crippen molar-refractivity contribution in [3.8, 4) is 5.75 Å². The quantitative estimate of drug-likeness (QED) is 0.759. The fraction of sp³-hybridized carbons (Fsp3) is 0.0625. The third-order valence-electron chi connectivity index (χ3n) is 3.38. The molecule has 0 amide bonds. The van der Waals surface area contributed by atoms with Crippen LogP contribution in [-0.4, -0.2) is 18.5 Å². The van der Waals surface area contributed by atoms with Crippen LogP contribution in [0, 0.1) is 0 Å². The molecule has 0 aliphatic carbocycles. The summed E-state index contributed by atoms with van der Waals surface area (Å²) < 4.78 is 27.4. The molecule has 0 aliphatic rings. The minimum Gasteiger partial charge on any atom is -0.504 e. The molecular formula is C16H13ClN2O3S. The zero-order valence-corrected chi connectivity index (χ0v) is 13.5. The Morgan fingerprint density at radius 1 is 1.13 bits per heavy atom. The summed E-state index contributed by atoms with van der Waals surface area (Å²) in [6.45, 7) is 0.112. The lowest BCUT2D eigenvalue weighted by molar-refractivity contribution is 0.463.